The first kappa shape index (κ1) is 14.6. The zero-order valence-electron chi connectivity index (χ0n) is 13.9. The van der Waals surface area contributed by atoms with Crippen LogP contribution in [0.5, 0.6) is 11.5 Å². The Kier molecular flexibility index (Phi) is 2.88. The van der Waals surface area contributed by atoms with E-state index < -0.39 is 0 Å². The van der Waals surface area contributed by atoms with E-state index >= 15 is 0 Å². The van der Waals surface area contributed by atoms with Gasteiger partial charge < -0.3 is 4.74 Å². The summed E-state index contributed by atoms with van der Waals surface area (Å²) in [5.74, 6) is 1.00. The zero-order chi connectivity index (χ0) is 17.2. The molecule has 0 saturated heterocycles. The van der Waals surface area contributed by atoms with Crippen LogP contribution in [0.2, 0.25) is 0 Å². The molecule has 124 valence electrons. The number of ether oxygens (including phenoxy) is 1. The van der Waals surface area contributed by atoms with Crippen LogP contribution in [0.15, 0.2) is 60.7 Å². The number of ketones is 2. The van der Waals surface area contributed by atoms with E-state index in [4.69, 9.17) is 4.74 Å². The normalized spacial score (nSPS) is 31.8. The molecule has 4 atom stereocenters. The Morgan fingerprint density at radius 3 is 2.60 bits per heavy atom. The minimum absolute atomic E-state index is 0.0595. The molecule has 1 saturated carbocycles. The standard InChI is InChI=1S/C22H18O3/c1-22-11-10-13(12-22)17-19(22)20(23)15-8-5-9-16(18(15)21(17)24)25-14-6-3-2-4-7-14/h2-11,13,17,19H,12H2,1H3. The molecule has 0 aromatic heterocycles. The number of allylic oxidation sites excluding steroid dienone is 2. The van der Waals surface area contributed by atoms with Gasteiger partial charge in [0.1, 0.15) is 11.5 Å². The molecule has 2 bridgehead atoms. The molecule has 0 heterocycles. The number of para-hydroxylation sites is 1. The molecule has 0 amide bonds. The van der Waals surface area contributed by atoms with Crippen molar-refractivity contribution < 1.29 is 14.3 Å². The van der Waals surface area contributed by atoms with Crippen LogP contribution in [0.3, 0.4) is 0 Å². The second-order valence-electron chi connectivity index (χ2n) is 7.56. The highest BCUT2D eigenvalue weighted by Gasteiger charge is 2.60. The van der Waals surface area contributed by atoms with E-state index in [0.29, 0.717) is 22.6 Å². The maximum Gasteiger partial charge on any atom is 0.171 e. The molecule has 25 heavy (non-hydrogen) atoms. The maximum atomic E-state index is 13.3. The van der Waals surface area contributed by atoms with Gasteiger partial charge in [-0.1, -0.05) is 49.4 Å². The molecule has 3 aliphatic rings. The number of hydrogen-bond acceptors (Lipinski definition) is 3. The van der Waals surface area contributed by atoms with Gasteiger partial charge in [0.25, 0.3) is 0 Å². The van der Waals surface area contributed by atoms with Crippen molar-refractivity contribution in [2.45, 2.75) is 13.3 Å². The van der Waals surface area contributed by atoms with Crippen LogP contribution in [0, 0.1) is 23.2 Å². The summed E-state index contributed by atoms with van der Waals surface area (Å²) in [4.78, 5) is 26.5. The Morgan fingerprint density at radius 2 is 1.80 bits per heavy atom. The summed E-state index contributed by atoms with van der Waals surface area (Å²) in [7, 11) is 0. The topological polar surface area (TPSA) is 43.4 Å². The molecule has 3 aliphatic carbocycles. The molecule has 0 N–H and O–H groups in total. The quantitative estimate of drug-likeness (QED) is 0.751. The molecular weight excluding hydrogens is 312 g/mol. The van der Waals surface area contributed by atoms with Crippen LogP contribution in [0.1, 0.15) is 34.1 Å². The largest absolute Gasteiger partial charge is 0.457 e. The summed E-state index contributed by atoms with van der Waals surface area (Å²) in [6.45, 7) is 2.11. The van der Waals surface area contributed by atoms with E-state index in [1.54, 1.807) is 18.2 Å². The van der Waals surface area contributed by atoms with Crippen molar-refractivity contribution in [1.29, 1.82) is 0 Å². The van der Waals surface area contributed by atoms with Gasteiger partial charge >= 0.3 is 0 Å². The first-order valence-electron chi connectivity index (χ1n) is 8.72. The Balaban J connectivity index is 1.63. The lowest BCUT2D eigenvalue weighted by molar-refractivity contribution is 0.0674. The van der Waals surface area contributed by atoms with E-state index in [0.717, 1.165) is 6.42 Å². The summed E-state index contributed by atoms with van der Waals surface area (Å²) in [5, 5.41) is 0. The minimum Gasteiger partial charge on any atom is -0.457 e. The van der Waals surface area contributed by atoms with Crippen molar-refractivity contribution in [3.05, 3.63) is 71.8 Å². The fourth-order valence-electron chi connectivity index (χ4n) is 4.96. The van der Waals surface area contributed by atoms with E-state index in [1.807, 2.05) is 30.3 Å². The van der Waals surface area contributed by atoms with Gasteiger partial charge in [-0.05, 0) is 36.0 Å². The highest BCUT2D eigenvalue weighted by molar-refractivity contribution is 6.18. The second kappa shape index (κ2) is 4.92. The number of fused-ring (bicyclic) bond motifs is 6. The summed E-state index contributed by atoms with van der Waals surface area (Å²) in [5.41, 5.74) is 0.791. The van der Waals surface area contributed by atoms with Crippen LogP contribution >= 0.6 is 0 Å². The lowest BCUT2D eigenvalue weighted by Gasteiger charge is -2.36. The van der Waals surface area contributed by atoms with E-state index in [9.17, 15) is 9.59 Å². The summed E-state index contributed by atoms with van der Waals surface area (Å²) in [6.07, 6.45) is 5.15. The van der Waals surface area contributed by atoms with Gasteiger partial charge in [0, 0.05) is 17.4 Å². The van der Waals surface area contributed by atoms with E-state index in [-0.39, 0.29) is 34.7 Å². The fourth-order valence-corrected chi connectivity index (χ4v) is 4.96. The predicted molar refractivity (Wildman–Crippen MR) is 94.0 cm³/mol. The lowest BCUT2D eigenvalue weighted by atomic mass is 9.65. The fraction of sp³-hybridized carbons (Fsp3) is 0.273. The smallest absolute Gasteiger partial charge is 0.171 e. The average Bonchev–Trinajstić information content (AvgIpc) is 3.14. The summed E-state index contributed by atoms with van der Waals surface area (Å²) < 4.78 is 5.96. The van der Waals surface area contributed by atoms with Crippen molar-refractivity contribution in [2.24, 2.45) is 23.2 Å². The van der Waals surface area contributed by atoms with Crippen molar-refractivity contribution in [3.63, 3.8) is 0 Å². The third-order valence-electron chi connectivity index (χ3n) is 6.02. The van der Waals surface area contributed by atoms with E-state index in [1.165, 1.54) is 0 Å². The van der Waals surface area contributed by atoms with Crippen molar-refractivity contribution in [1.82, 2.24) is 0 Å². The van der Waals surface area contributed by atoms with Gasteiger partial charge in [-0.15, -0.1) is 0 Å². The summed E-state index contributed by atoms with van der Waals surface area (Å²) in [6, 6.07) is 14.7. The van der Waals surface area contributed by atoms with Crippen molar-refractivity contribution in [3.8, 4) is 11.5 Å². The zero-order valence-corrected chi connectivity index (χ0v) is 13.9. The number of carbonyl (C=O) groups is 2. The molecule has 0 spiro atoms. The number of Topliss-reactive ketones (excluding diaryl/α,β-unsaturated/α-hetero) is 2. The Labute approximate surface area is 146 Å². The van der Waals surface area contributed by atoms with Crippen LogP contribution < -0.4 is 4.74 Å². The molecule has 5 rings (SSSR count). The number of hydrogen-bond donors (Lipinski definition) is 0. The molecule has 3 heteroatoms. The molecule has 0 radical (unpaired) electrons. The van der Waals surface area contributed by atoms with Crippen LogP contribution in [-0.4, -0.2) is 11.6 Å². The monoisotopic (exact) mass is 330 g/mol. The van der Waals surface area contributed by atoms with E-state index in [2.05, 4.69) is 19.1 Å². The molecule has 2 aromatic rings. The molecule has 4 unspecified atom stereocenters. The Hall–Kier alpha value is -2.68. The Bertz CT molecular complexity index is 928. The van der Waals surface area contributed by atoms with Gasteiger partial charge in [0.2, 0.25) is 0 Å². The molecule has 0 aliphatic heterocycles. The van der Waals surface area contributed by atoms with Crippen LogP contribution in [-0.2, 0) is 0 Å². The van der Waals surface area contributed by atoms with Crippen molar-refractivity contribution >= 4 is 11.6 Å². The third-order valence-corrected chi connectivity index (χ3v) is 6.02. The number of carbonyl (C=O) groups excluding carboxylic acids is 2. The predicted octanol–water partition coefficient (Wildman–Crippen LogP) is 4.69. The first-order chi connectivity index (χ1) is 12.1. The maximum absolute atomic E-state index is 13.3. The third kappa shape index (κ3) is 1.92. The minimum atomic E-state index is -0.240. The molecule has 1 fully saturated rings. The van der Waals surface area contributed by atoms with Gasteiger partial charge in [-0.25, -0.2) is 0 Å². The average molecular weight is 330 g/mol. The number of benzene rings is 2. The van der Waals surface area contributed by atoms with Gasteiger partial charge in [0.05, 0.1) is 5.56 Å². The molecular formula is C22H18O3. The number of rotatable bonds is 2. The Morgan fingerprint density at radius 1 is 1.00 bits per heavy atom. The SMILES string of the molecule is CC12C=CC(C1)C1C(=O)c3c(Oc4ccccc4)cccc3C(=O)C12. The van der Waals surface area contributed by atoms with Crippen LogP contribution in [0.25, 0.3) is 0 Å². The highest BCUT2D eigenvalue weighted by atomic mass is 16.5. The summed E-state index contributed by atoms with van der Waals surface area (Å²) >= 11 is 0. The van der Waals surface area contributed by atoms with Crippen LogP contribution in [0.4, 0.5) is 0 Å². The second-order valence-corrected chi connectivity index (χ2v) is 7.56. The van der Waals surface area contributed by atoms with Crippen molar-refractivity contribution in [2.75, 3.05) is 0 Å². The first-order valence-corrected chi connectivity index (χ1v) is 8.72. The van der Waals surface area contributed by atoms with Gasteiger partial charge in [0.15, 0.2) is 11.6 Å². The molecule has 2 aromatic carbocycles. The highest BCUT2D eigenvalue weighted by Crippen LogP contribution is 2.60. The molecule has 3 nitrogen and oxygen atoms in total. The van der Waals surface area contributed by atoms with Gasteiger partial charge in [-0.2, -0.15) is 0 Å². The lowest BCUT2D eigenvalue weighted by Crippen LogP contribution is -2.42. The van der Waals surface area contributed by atoms with Gasteiger partial charge in [-0.3, -0.25) is 9.59 Å².